The van der Waals surface area contributed by atoms with Gasteiger partial charge in [-0.3, -0.25) is 0 Å². The number of ketones is 1. The molecule has 5 atom stereocenters. The van der Waals surface area contributed by atoms with Gasteiger partial charge in [-0.2, -0.15) is 0 Å². The van der Waals surface area contributed by atoms with Gasteiger partial charge in [0.2, 0.25) is 0 Å². The Labute approximate surface area is 229 Å². The fraction of sp³-hybridized carbons (Fsp3) is 0.536. The molecule has 1 unspecified atom stereocenters. The van der Waals surface area contributed by atoms with Crippen LogP contribution in [0.4, 0.5) is 5.69 Å². The average Bonchev–Trinajstić information content (AvgIpc) is 2.83. The number of nitrogens with two attached hydrogens (primary N) is 1. The quantitative estimate of drug-likeness (QED) is 0.275. The van der Waals surface area contributed by atoms with Crippen molar-refractivity contribution in [2.24, 2.45) is 17.6 Å². The van der Waals surface area contributed by atoms with Crippen LogP contribution >= 0.6 is 0 Å². The Hall–Kier alpha value is -3.15. The summed E-state index contributed by atoms with van der Waals surface area (Å²) in [5.41, 5.74) is 4.52. The number of phenols is 1. The van der Waals surface area contributed by atoms with Crippen molar-refractivity contribution >= 4 is 36.1 Å². The van der Waals surface area contributed by atoms with Crippen LogP contribution in [0.2, 0.25) is 0 Å². The van der Waals surface area contributed by atoms with E-state index in [0.29, 0.717) is 18.5 Å². The molecule has 4 rings (SSSR count). The summed E-state index contributed by atoms with van der Waals surface area (Å²) in [7, 11) is 13.3. The third-order valence-corrected chi connectivity index (χ3v) is 8.58. The van der Waals surface area contributed by atoms with Crippen LogP contribution in [-0.2, 0) is 22.6 Å². The first-order valence-electron chi connectivity index (χ1n) is 13.2. The Bertz CT molecular complexity index is 1320. The number of amides is 1. The van der Waals surface area contributed by atoms with E-state index in [4.69, 9.17) is 13.2 Å². The van der Waals surface area contributed by atoms with E-state index in [2.05, 4.69) is 19.2 Å². The second-order valence-electron chi connectivity index (χ2n) is 11.4. The maximum atomic E-state index is 14.1. The maximum absolute atomic E-state index is 14.1. The van der Waals surface area contributed by atoms with Crippen LogP contribution < -0.4 is 16.0 Å². The van der Waals surface area contributed by atoms with Gasteiger partial charge in [0.25, 0.3) is 0 Å². The number of Topliss-reactive ketones (excluding diaryl/α,β-unsaturated/α-hetero) is 1. The molecule has 0 aliphatic heterocycles. The van der Waals surface area contributed by atoms with Crippen molar-refractivity contribution in [2.45, 2.75) is 57.3 Å². The second kappa shape index (κ2) is 10.1. The van der Waals surface area contributed by atoms with Crippen LogP contribution in [0, 0.1) is 11.8 Å². The molecule has 3 aliphatic rings. The van der Waals surface area contributed by atoms with Crippen LogP contribution in [0.3, 0.4) is 0 Å². The predicted octanol–water partition coefficient (Wildman–Crippen LogP) is 0.690. The van der Waals surface area contributed by atoms with Crippen molar-refractivity contribution in [1.82, 2.24) is 10.2 Å². The molecule has 1 aromatic rings. The summed E-state index contributed by atoms with van der Waals surface area (Å²) in [6.07, 6.45) is 1.41. The number of hydrogen-bond acceptors (Lipinski definition) is 9. The van der Waals surface area contributed by atoms with E-state index in [1.54, 1.807) is 25.1 Å². The van der Waals surface area contributed by atoms with E-state index in [-0.39, 0.29) is 29.3 Å². The van der Waals surface area contributed by atoms with E-state index < -0.39 is 57.7 Å². The molecule has 39 heavy (non-hydrogen) atoms. The van der Waals surface area contributed by atoms with Gasteiger partial charge in [0.05, 0.1) is 0 Å². The number of fused-ring (bicyclic) bond motifs is 3. The molecule has 0 bridgehead atoms. The number of aliphatic hydroxyl groups excluding tert-OH is 2. The SMILES string of the molecule is [B]=C1C(C(N)=O)=C(O)[C@@H](N(C)C)[C@@H]2C[C@@H]3Cc4c(c(O)cc(CNC(C)CC)c4N(C)C)C(O)=C3C(=O)[C@]12O. The number of anilines is 1. The zero-order valence-corrected chi connectivity index (χ0v) is 23.4. The monoisotopic (exact) mass is 537 g/mol. The topological polar surface area (TPSA) is 160 Å². The zero-order valence-electron chi connectivity index (χ0n) is 23.4. The number of benzene rings is 1. The van der Waals surface area contributed by atoms with Crippen molar-refractivity contribution in [3.05, 3.63) is 39.7 Å². The Kier molecular flexibility index (Phi) is 7.48. The van der Waals surface area contributed by atoms with Crippen LogP contribution in [0.15, 0.2) is 23.0 Å². The molecule has 7 N–H and O–H groups in total. The zero-order chi connectivity index (χ0) is 29.1. The number of phenolic OH excluding ortho intramolecular Hbond substituents is 1. The third-order valence-electron chi connectivity index (χ3n) is 8.58. The molecule has 1 fully saturated rings. The van der Waals surface area contributed by atoms with Crippen molar-refractivity contribution in [3.8, 4) is 5.75 Å². The van der Waals surface area contributed by atoms with E-state index in [1.807, 2.05) is 19.0 Å². The number of primary amides is 1. The van der Waals surface area contributed by atoms with Crippen molar-refractivity contribution in [1.29, 1.82) is 0 Å². The number of aliphatic hydroxyl groups is 3. The summed E-state index contributed by atoms with van der Waals surface area (Å²) < 4.78 is 0. The fourth-order valence-electron chi connectivity index (χ4n) is 6.59. The number of likely N-dealkylation sites (N-methyl/N-ethyl adjacent to an activating group) is 1. The van der Waals surface area contributed by atoms with Gasteiger partial charge >= 0.3 is 209 Å². The molecule has 1 amide bonds. The number of carbonyl (C=O) groups excluding carboxylic acids is 2. The van der Waals surface area contributed by atoms with Gasteiger partial charge in [-0.1, -0.05) is 6.92 Å². The van der Waals surface area contributed by atoms with Gasteiger partial charge in [0.1, 0.15) is 0 Å². The molecule has 1 saturated carbocycles. The van der Waals surface area contributed by atoms with E-state index in [1.165, 1.54) is 0 Å². The first kappa shape index (κ1) is 28.9. The Morgan fingerprint density at radius 1 is 1.26 bits per heavy atom. The normalized spacial score (nSPS) is 27.3. The first-order chi connectivity index (χ1) is 18.2. The molecule has 0 aromatic heterocycles. The molecule has 1 aromatic carbocycles. The van der Waals surface area contributed by atoms with Crippen molar-refractivity contribution in [2.75, 3.05) is 33.1 Å². The van der Waals surface area contributed by atoms with Gasteiger partial charge in [-0.05, 0) is 13.3 Å². The molecule has 0 spiro atoms. The summed E-state index contributed by atoms with van der Waals surface area (Å²) in [5.74, 6) is -4.39. The van der Waals surface area contributed by atoms with Gasteiger partial charge in [0, 0.05) is 0 Å². The van der Waals surface area contributed by atoms with Gasteiger partial charge < -0.3 is 0 Å². The van der Waals surface area contributed by atoms with Gasteiger partial charge in [-0.15, -0.1) is 0 Å². The number of hydrogen-bond donors (Lipinski definition) is 6. The summed E-state index contributed by atoms with van der Waals surface area (Å²) in [4.78, 5) is 29.8. The predicted molar refractivity (Wildman–Crippen MR) is 151 cm³/mol. The van der Waals surface area contributed by atoms with Crippen LogP contribution in [0.5, 0.6) is 5.75 Å². The number of rotatable bonds is 7. The van der Waals surface area contributed by atoms with Crippen molar-refractivity contribution < 1.29 is 30.0 Å². The van der Waals surface area contributed by atoms with Crippen molar-refractivity contribution in [3.63, 3.8) is 0 Å². The Balaban J connectivity index is 1.91. The molecule has 3 aliphatic carbocycles. The van der Waals surface area contributed by atoms with Crippen LogP contribution in [0.25, 0.3) is 5.76 Å². The number of carbonyl (C=O) groups is 2. The van der Waals surface area contributed by atoms with E-state index in [0.717, 1.165) is 17.7 Å². The number of aromatic hydroxyl groups is 1. The molecule has 209 valence electrons. The standard InChI is InChI=1S/C28H38BN4O6/c1-7-12(2)31-11-14-10-17(34)19-15(21(14)32(3)4)8-13-9-16-22(33(5)6)24(36)20(27(30)38)25(29)28(16,39)26(37)18(13)23(19)35/h10,12-13,16,22,31,34-36,39H,7-9,11H2,1-6H3,(H2,30,38)/t12?,13-,16-,22-,28+/m0/s1. The van der Waals surface area contributed by atoms with E-state index >= 15 is 0 Å². The molecule has 1 radical (unpaired) electrons. The van der Waals surface area contributed by atoms with Gasteiger partial charge in [0.15, 0.2) is 0 Å². The Morgan fingerprint density at radius 2 is 1.90 bits per heavy atom. The molecular weight excluding hydrogens is 499 g/mol. The average molecular weight is 537 g/mol. The second-order valence-corrected chi connectivity index (χ2v) is 11.4. The van der Waals surface area contributed by atoms with Crippen LogP contribution in [-0.4, -0.2) is 95.8 Å². The number of nitrogens with one attached hydrogen (secondary N) is 1. The molecule has 0 saturated heterocycles. The molecule has 11 heteroatoms. The number of nitrogens with zero attached hydrogens (tertiary/aromatic N) is 2. The summed E-state index contributed by atoms with van der Waals surface area (Å²) >= 11 is 0. The summed E-state index contributed by atoms with van der Waals surface area (Å²) in [5, 5.41) is 48.9. The minimum atomic E-state index is -2.39. The van der Waals surface area contributed by atoms with E-state index in [9.17, 15) is 30.0 Å². The first-order valence-corrected chi connectivity index (χ1v) is 13.2. The summed E-state index contributed by atoms with van der Waals surface area (Å²) in [6.45, 7) is 4.65. The summed E-state index contributed by atoms with van der Waals surface area (Å²) in [6, 6.07) is 0.918. The molecular formula is C28H38BN4O6. The van der Waals surface area contributed by atoms with Gasteiger partial charge in [-0.25, -0.2) is 0 Å². The third kappa shape index (κ3) is 4.27. The Morgan fingerprint density at radius 3 is 2.44 bits per heavy atom. The molecule has 0 heterocycles. The minimum absolute atomic E-state index is 0.0580. The fourth-order valence-corrected chi connectivity index (χ4v) is 6.59. The van der Waals surface area contributed by atoms with Crippen LogP contribution in [0.1, 0.15) is 43.4 Å². The molecule has 10 nitrogen and oxygen atoms in total.